The number of carbonyl (C=O) groups is 1. The highest BCUT2D eigenvalue weighted by Gasteiger charge is 2.05. The first-order valence-electron chi connectivity index (χ1n) is 4.20. The van der Waals surface area contributed by atoms with Crippen LogP contribution in [0.1, 0.15) is 5.56 Å². The van der Waals surface area contributed by atoms with Gasteiger partial charge in [0, 0.05) is 26.0 Å². The van der Waals surface area contributed by atoms with Crippen molar-refractivity contribution in [3.63, 3.8) is 0 Å². The molecule has 0 aliphatic heterocycles. The van der Waals surface area contributed by atoms with E-state index in [9.17, 15) is 4.79 Å². The van der Waals surface area contributed by atoms with Gasteiger partial charge in [-0.2, -0.15) is 12.6 Å². The number of nitrogens with one attached hydrogen (secondary N) is 1. The van der Waals surface area contributed by atoms with Crippen molar-refractivity contribution in [3.8, 4) is 0 Å². The third-order valence-corrected chi connectivity index (χ3v) is 2.23. The number of nitrogens with zero attached hydrogens (tertiary/aromatic N) is 1. The van der Waals surface area contributed by atoms with Gasteiger partial charge in [-0.1, -0.05) is 0 Å². The van der Waals surface area contributed by atoms with Gasteiger partial charge >= 0.3 is 0 Å². The van der Waals surface area contributed by atoms with Crippen LogP contribution in [0, 0.1) is 0 Å². The Labute approximate surface area is 83.5 Å². The Kier molecular flexibility index (Phi) is 3.89. The lowest BCUT2D eigenvalue weighted by molar-refractivity contribution is -0.127. The third kappa shape index (κ3) is 3.14. The number of rotatable bonds is 4. The smallest absolute Gasteiger partial charge is 0.232 e. The molecule has 0 atom stereocenters. The predicted molar refractivity (Wildman–Crippen MR) is 56.0 cm³/mol. The zero-order valence-electron chi connectivity index (χ0n) is 7.66. The Morgan fingerprint density at radius 3 is 3.00 bits per heavy atom. The summed E-state index contributed by atoms with van der Waals surface area (Å²) in [5, 5.41) is 0. The van der Waals surface area contributed by atoms with E-state index in [1.165, 1.54) is 5.56 Å². The van der Waals surface area contributed by atoms with Gasteiger partial charge in [-0.05, 0) is 18.1 Å². The van der Waals surface area contributed by atoms with Gasteiger partial charge in [0.25, 0.3) is 0 Å². The quantitative estimate of drug-likeness (QED) is 0.694. The first kappa shape index (κ1) is 10.2. The summed E-state index contributed by atoms with van der Waals surface area (Å²) in [6, 6.07) is 2.01. The van der Waals surface area contributed by atoms with Crippen molar-refractivity contribution >= 4 is 18.5 Å². The van der Waals surface area contributed by atoms with Crippen LogP contribution >= 0.6 is 12.6 Å². The van der Waals surface area contributed by atoms with Crippen LogP contribution in [0.3, 0.4) is 0 Å². The average Bonchev–Trinajstić information content (AvgIpc) is 2.65. The molecular formula is C9H14N2OS. The van der Waals surface area contributed by atoms with Gasteiger partial charge in [0.15, 0.2) is 0 Å². The maximum Gasteiger partial charge on any atom is 0.232 e. The van der Waals surface area contributed by atoms with Crippen LogP contribution in [0.4, 0.5) is 0 Å². The summed E-state index contributed by atoms with van der Waals surface area (Å²) in [5.41, 5.74) is 1.22. The van der Waals surface area contributed by atoms with Crippen LogP contribution in [0.25, 0.3) is 0 Å². The van der Waals surface area contributed by atoms with Crippen LogP contribution in [0.15, 0.2) is 18.5 Å². The molecule has 0 radical (unpaired) electrons. The number of amides is 1. The van der Waals surface area contributed by atoms with Crippen molar-refractivity contribution in [2.24, 2.45) is 0 Å². The fourth-order valence-electron chi connectivity index (χ4n) is 1.06. The van der Waals surface area contributed by atoms with E-state index in [0.717, 1.165) is 13.0 Å². The predicted octanol–water partition coefficient (Wildman–Crippen LogP) is 0.945. The van der Waals surface area contributed by atoms with Crippen molar-refractivity contribution in [1.29, 1.82) is 0 Å². The van der Waals surface area contributed by atoms with E-state index >= 15 is 0 Å². The molecule has 1 aromatic rings. The van der Waals surface area contributed by atoms with E-state index in [0.29, 0.717) is 0 Å². The number of H-pyrrole nitrogens is 1. The maximum atomic E-state index is 11.1. The minimum atomic E-state index is 0.0684. The van der Waals surface area contributed by atoms with Gasteiger partial charge in [-0.15, -0.1) is 0 Å². The van der Waals surface area contributed by atoms with E-state index in [-0.39, 0.29) is 11.7 Å². The minimum absolute atomic E-state index is 0.0684. The molecule has 0 unspecified atom stereocenters. The molecule has 0 saturated heterocycles. The number of aromatic nitrogens is 1. The second-order valence-corrected chi connectivity index (χ2v) is 3.26. The highest BCUT2D eigenvalue weighted by atomic mass is 32.1. The largest absolute Gasteiger partial charge is 0.367 e. The van der Waals surface area contributed by atoms with Crippen LogP contribution in [0.2, 0.25) is 0 Å². The summed E-state index contributed by atoms with van der Waals surface area (Å²) >= 11 is 3.93. The topological polar surface area (TPSA) is 36.1 Å². The van der Waals surface area contributed by atoms with Crippen molar-refractivity contribution in [2.45, 2.75) is 6.42 Å². The SMILES string of the molecule is CN(CCc1cc[nH]c1)C(=O)CS. The molecule has 4 heteroatoms. The van der Waals surface area contributed by atoms with Gasteiger partial charge in [0.1, 0.15) is 0 Å². The fourth-order valence-corrected chi connectivity index (χ4v) is 1.30. The van der Waals surface area contributed by atoms with E-state index in [1.807, 2.05) is 18.5 Å². The molecule has 72 valence electrons. The summed E-state index contributed by atoms with van der Waals surface area (Å²) in [6.45, 7) is 0.747. The second-order valence-electron chi connectivity index (χ2n) is 2.94. The van der Waals surface area contributed by atoms with E-state index < -0.39 is 0 Å². The third-order valence-electron chi connectivity index (χ3n) is 1.96. The monoisotopic (exact) mass is 198 g/mol. The molecule has 1 N–H and O–H groups in total. The Bertz CT molecular complexity index is 259. The van der Waals surface area contributed by atoms with Crippen LogP contribution in [-0.2, 0) is 11.2 Å². The van der Waals surface area contributed by atoms with E-state index in [4.69, 9.17) is 0 Å². The molecule has 1 amide bonds. The molecule has 0 fully saturated rings. The standard InChI is InChI=1S/C9H14N2OS/c1-11(9(12)7-13)5-3-8-2-4-10-6-8/h2,4,6,10,13H,3,5,7H2,1H3. The highest BCUT2D eigenvalue weighted by Crippen LogP contribution is 1.99. The molecule has 0 aliphatic carbocycles. The van der Waals surface area contributed by atoms with Gasteiger partial charge < -0.3 is 9.88 Å². The van der Waals surface area contributed by atoms with Crippen molar-refractivity contribution in [3.05, 3.63) is 24.0 Å². The molecule has 0 aliphatic rings. The lowest BCUT2D eigenvalue weighted by atomic mass is 10.2. The van der Waals surface area contributed by atoms with Gasteiger partial charge in [-0.3, -0.25) is 4.79 Å². The average molecular weight is 198 g/mol. The molecule has 1 rings (SSSR count). The molecule has 0 aromatic carbocycles. The van der Waals surface area contributed by atoms with E-state index in [2.05, 4.69) is 17.6 Å². The van der Waals surface area contributed by atoms with Gasteiger partial charge in [-0.25, -0.2) is 0 Å². The van der Waals surface area contributed by atoms with Crippen molar-refractivity contribution in [2.75, 3.05) is 19.3 Å². The van der Waals surface area contributed by atoms with Crippen LogP contribution < -0.4 is 0 Å². The Morgan fingerprint density at radius 2 is 2.46 bits per heavy atom. The number of carbonyl (C=O) groups excluding carboxylic acids is 1. The first-order valence-corrected chi connectivity index (χ1v) is 4.83. The minimum Gasteiger partial charge on any atom is -0.367 e. The summed E-state index contributed by atoms with van der Waals surface area (Å²) < 4.78 is 0. The molecule has 1 heterocycles. The summed E-state index contributed by atoms with van der Waals surface area (Å²) in [5.74, 6) is 0.350. The number of likely N-dealkylation sites (N-methyl/N-ethyl adjacent to an activating group) is 1. The van der Waals surface area contributed by atoms with Crippen molar-refractivity contribution in [1.82, 2.24) is 9.88 Å². The molecule has 1 aromatic heterocycles. The molecule has 3 nitrogen and oxygen atoms in total. The highest BCUT2D eigenvalue weighted by molar-refractivity contribution is 7.81. The zero-order valence-corrected chi connectivity index (χ0v) is 8.55. The lowest BCUT2D eigenvalue weighted by Crippen LogP contribution is -2.29. The Hall–Kier alpha value is -0.900. The number of aromatic amines is 1. The van der Waals surface area contributed by atoms with Crippen LogP contribution in [-0.4, -0.2) is 35.1 Å². The zero-order chi connectivity index (χ0) is 9.68. The molecular weight excluding hydrogens is 184 g/mol. The fraction of sp³-hybridized carbons (Fsp3) is 0.444. The van der Waals surface area contributed by atoms with Crippen molar-refractivity contribution < 1.29 is 4.79 Å². The van der Waals surface area contributed by atoms with Gasteiger partial charge in [0.2, 0.25) is 5.91 Å². The normalized spacial score (nSPS) is 10.0. The first-order chi connectivity index (χ1) is 6.24. The molecule has 13 heavy (non-hydrogen) atoms. The Morgan fingerprint density at radius 1 is 1.69 bits per heavy atom. The molecule has 0 bridgehead atoms. The molecule has 0 saturated carbocycles. The summed E-state index contributed by atoms with van der Waals surface area (Å²) in [4.78, 5) is 15.8. The maximum absolute atomic E-state index is 11.1. The number of thiol groups is 1. The van der Waals surface area contributed by atoms with Gasteiger partial charge in [0.05, 0.1) is 5.75 Å². The summed E-state index contributed by atoms with van der Waals surface area (Å²) in [6.07, 6.45) is 4.72. The number of hydrogen-bond donors (Lipinski definition) is 2. The van der Waals surface area contributed by atoms with E-state index in [1.54, 1.807) is 11.9 Å². The molecule has 0 spiro atoms. The summed E-state index contributed by atoms with van der Waals surface area (Å²) in [7, 11) is 1.80. The second kappa shape index (κ2) is 4.97. The Balaban J connectivity index is 2.30. The number of hydrogen-bond acceptors (Lipinski definition) is 2. The van der Waals surface area contributed by atoms with Crippen LogP contribution in [0.5, 0.6) is 0 Å². The lowest BCUT2D eigenvalue weighted by Gasteiger charge is -2.14.